The first kappa shape index (κ1) is 14.9. The van der Waals surface area contributed by atoms with Gasteiger partial charge in [-0.25, -0.2) is 0 Å². The lowest BCUT2D eigenvalue weighted by Crippen LogP contribution is -2.61. The lowest BCUT2D eigenvalue weighted by molar-refractivity contribution is -0.0260. The molecule has 17 heavy (non-hydrogen) atoms. The topological polar surface area (TPSA) is 24.5 Å². The zero-order chi connectivity index (χ0) is 13.1. The highest BCUT2D eigenvalue weighted by atomic mass is 16.5. The Labute approximate surface area is 107 Å². The standard InChI is InChI=1S/C14H30N2O/c1-7-12-10-15-14(5,6)11-16(12)8-9-17-13(2,3)4/h12,15H,7-11H2,1-6H3. The van der Waals surface area contributed by atoms with Gasteiger partial charge in [-0.1, -0.05) is 6.92 Å². The van der Waals surface area contributed by atoms with Gasteiger partial charge < -0.3 is 10.1 Å². The van der Waals surface area contributed by atoms with Crippen LogP contribution in [-0.2, 0) is 4.74 Å². The summed E-state index contributed by atoms with van der Waals surface area (Å²) in [4.78, 5) is 2.57. The van der Waals surface area contributed by atoms with Gasteiger partial charge in [0, 0.05) is 31.2 Å². The quantitative estimate of drug-likeness (QED) is 0.818. The van der Waals surface area contributed by atoms with Crippen molar-refractivity contribution in [3.8, 4) is 0 Å². The highest BCUT2D eigenvalue weighted by molar-refractivity contribution is 4.91. The van der Waals surface area contributed by atoms with Gasteiger partial charge in [0.05, 0.1) is 12.2 Å². The Kier molecular flexibility index (Phi) is 4.99. The zero-order valence-corrected chi connectivity index (χ0v) is 12.5. The lowest BCUT2D eigenvalue weighted by Gasteiger charge is -2.44. The van der Waals surface area contributed by atoms with Crippen molar-refractivity contribution in [2.24, 2.45) is 0 Å². The second-order valence-corrected chi connectivity index (χ2v) is 6.76. The van der Waals surface area contributed by atoms with Gasteiger partial charge in [0.25, 0.3) is 0 Å². The van der Waals surface area contributed by atoms with Crippen molar-refractivity contribution >= 4 is 0 Å². The van der Waals surface area contributed by atoms with Crippen molar-refractivity contribution in [2.45, 2.75) is 65.1 Å². The van der Waals surface area contributed by atoms with Gasteiger partial charge in [0.15, 0.2) is 0 Å². The minimum atomic E-state index is -0.0226. The molecule has 1 aliphatic heterocycles. The summed E-state index contributed by atoms with van der Waals surface area (Å²) in [5, 5.41) is 3.61. The Hall–Kier alpha value is -0.120. The molecule has 1 unspecified atom stereocenters. The number of hydrogen-bond acceptors (Lipinski definition) is 3. The van der Waals surface area contributed by atoms with Crippen molar-refractivity contribution in [3.63, 3.8) is 0 Å². The van der Waals surface area contributed by atoms with Crippen molar-refractivity contribution in [3.05, 3.63) is 0 Å². The van der Waals surface area contributed by atoms with Gasteiger partial charge in [-0.3, -0.25) is 4.90 Å². The van der Waals surface area contributed by atoms with E-state index >= 15 is 0 Å². The summed E-state index contributed by atoms with van der Waals surface area (Å²) in [5.41, 5.74) is 0.207. The van der Waals surface area contributed by atoms with Crippen molar-refractivity contribution in [1.29, 1.82) is 0 Å². The van der Waals surface area contributed by atoms with Gasteiger partial charge in [-0.2, -0.15) is 0 Å². The Morgan fingerprint density at radius 1 is 1.35 bits per heavy atom. The normalized spacial score (nSPS) is 26.1. The molecule has 3 nitrogen and oxygen atoms in total. The van der Waals surface area contributed by atoms with E-state index in [9.17, 15) is 0 Å². The molecular formula is C14H30N2O. The van der Waals surface area contributed by atoms with E-state index in [0.29, 0.717) is 6.04 Å². The molecule has 1 saturated heterocycles. The van der Waals surface area contributed by atoms with Crippen molar-refractivity contribution < 1.29 is 4.74 Å². The molecule has 1 rings (SSSR count). The predicted molar refractivity (Wildman–Crippen MR) is 73.4 cm³/mol. The number of nitrogens with zero attached hydrogens (tertiary/aromatic N) is 1. The fourth-order valence-corrected chi connectivity index (χ4v) is 2.35. The predicted octanol–water partition coefficient (Wildman–Crippen LogP) is 2.26. The first-order chi connectivity index (χ1) is 7.73. The van der Waals surface area contributed by atoms with Gasteiger partial charge in [-0.15, -0.1) is 0 Å². The molecule has 1 heterocycles. The number of hydrogen-bond donors (Lipinski definition) is 1. The minimum Gasteiger partial charge on any atom is -0.375 e. The second-order valence-electron chi connectivity index (χ2n) is 6.76. The van der Waals surface area contributed by atoms with Crippen LogP contribution in [0.1, 0.15) is 48.0 Å². The summed E-state index contributed by atoms with van der Waals surface area (Å²) >= 11 is 0. The number of ether oxygens (including phenoxy) is 1. The lowest BCUT2D eigenvalue weighted by atomic mass is 9.98. The Morgan fingerprint density at radius 3 is 2.53 bits per heavy atom. The van der Waals surface area contributed by atoms with E-state index in [1.54, 1.807) is 0 Å². The third kappa shape index (κ3) is 5.36. The van der Waals surface area contributed by atoms with Crippen LogP contribution in [-0.4, -0.2) is 48.3 Å². The van der Waals surface area contributed by atoms with E-state index in [1.165, 1.54) is 6.42 Å². The van der Waals surface area contributed by atoms with Gasteiger partial charge in [0.1, 0.15) is 0 Å². The Morgan fingerprint density at radius 2 is 2.00 bits per heavy atom. The smallest absolute Gasteiger partial charge is 0.0600 e. The molecule has 1 atom stereocenters. The second kappa shape index (κ2) is 5.68. The Bertz CT molecular complexity index is 233. The Balaban J connectivity index is 2.42. The maximum absolute atomic E-state index is 5.83. The van der Waals surface area contributed by atoms with Crippen molar-refractivity contribution in [1.82, 2.24) is 10.2 Å². The molecule has 0 aromatic heterocycles. The number of rotatable bonds is 4. The summed E-state index contributed by atoms with van der Waals surface area (Å²) in [6, 6.07) is 0.659. The summed E-state index contributed by atoms with van der Waals surface area (Å²) in [7, 11) is 0. The van der Waals surface area contributed by atoms with Gasteiger partial charge in [0.2, 0.25) is 0 Å². The van der Waals surface area contributed by atoms with E-state index in [2.05, 4.69) is 51.8 Å². The fraction of sp³-hybridized carbons (Fsp3) is 1.00. The van der Waals surface area contributed by atoms with Crippen LogP contribution < -0.4 is 5.32 Å². The number of piperazine rings is 1. The van der Waals surface area contributed by atoms with E-state index in [0.717, 1.165) is 26.2 Å². The summed E-state index contributed by atoms with van der Waals surface area (Å²) in [6.45, 7) is 17.2. The molecular weight excluding hydrogens is 212 g/mol. The molecule has 0 bridgehead atoms. The van der Waals surface area contributed by atoms with E-state index in [1.807, 2.05) is 0 Å². The SMILES string of the molecule is CCC1CNC(C)(C)CN1CCOC(C)(C)C. The van der Waals surface area contributed by atoms with Crippen LogP contribution in [0, 0.1) is 0 Å². The summed E-state index contributed by atoms with van der Waals surface area (Å²) in [5.74, 6) is 0. The molecule has 0 spiro atoms. The molecule has 3 heteroatoms. The van der Waals surface area contributed by atoms with Crippen LogP contribution in [0.5, 0.6) is 0 Å². The van der Waals surface area contributed by atoms with E-state index < -0.39 is 0 Å². The molecule has 0 saturated carbocycles. The molecule has 1 N–H and O–H groups in total. The van der Waals surface area contributed by atoms with Crippen LogP contribution in [0.15, 0.2) is 0 Å². The third-order valence-corrected chi connectivity index (χ3v) is 3.32. The fourth-order valence-electron chi connectivity index (χ4n) is 2.35. The van der Waals surface area contributed by atoms with Crippen LogP contribution in [0.2, 0.25) is 0 Å². The highest BCUT2D eigenvalue weighted by Gasteiger charge is 2.31. The molecule has 0 aliphatic carbocycles. The average molecular weight is 242 g/mol. The van der Waals surface area contributed by atoms with Crippen LogP contribution in [0.4, 0.5) is 0 Å². The molecule has 0 radical (unpaired) electrons. The largest absolute Gasteiger partial charge is 0.375 e. The van der Waals surface area contributed by atoms with Gasteiger partial charge >= 0.3 is 0 Å². The maximum Gasteiger partial charge on any atom is 0.0600 e. The van der Waals surface area contributed by atoms with Crippen LogP contribution >= 0.6 is 0 Å². The van der Waals surface area contributed by atoms with E-state index in [-0.39, 0.29) is 11.1 Å². The first-order valence-electron chi connectivity index (χ1n) is 6.86. The third-order valence-electron chi connectivity index (χ3n) is 3.32. The molecule has 1 fully saturated rings. The van der Waals surface area contributed by atoms with Crippen LogP contribution in [0.25, 0.3) is 0 Å². The van der Waals surface area contributed by atoms with E-state index in [4.69, 9.17) is 4.74 Å². The summed E-state index contributed by atoms with van der Waals surface area (Å²) < 4.78 is 5.83. The number of nitrogens with one attached hydrogen (secondary N) is 1. The van der Waals surface area contributed by atoms with Crippen molar-refractivity contribution in [2.75, 3.05) is 26.2 Å². The molecule has 0 aromatic carbocycles. The molecule has 1 aliphatic rings. The first-order valence-corrected chi connectivity index (χ1v) is 6.86. The average Bonchev–Trinajstić information content (AvgIpc) is 2.15. The molecule has 102 valence electrons. The zero-order valence-electron chi connectivity index (χ0n) is 12.5. The van der Waals surface area contributed by atoms with Crippen LogP contribution in [0.3, 0.4) is 0 Å². The molecule has 0 amide bonds. The highest BCUT2D eigenvalue weighted by Crippen LogP contribution is 2.17. The summed E-state index contributed by atoms with van der Waals surface area (Å²) in [6.07, 6.45) is 1.21. The van der Waals surface area contributed by atoms with Gasteiger partial charge in [-0.05, 0) is 41.0 Å². The maximum atomic E-state index is 5.83. The molecule has 0 aromatic rings. The monoisotopic (exact) mass is 242 g/mol. The minimum absolute atomic E-state index is 0.0226.